The average molecular weight is 190 g/mol. The van der Waals surface area contributed by atoms with Gasteiger partial charge in [0, 0.05) is 11.9 Å². The van der Waals surface area contributed by atoms with Crippen LogP contribution in [0.15, 0.2) is 12.3 Å². The number of nitriles is 1. The summed E-state index contributed by atoms with van der Waals surface area (Å²) in [5.74, 6) is 0.387. The first-order valence-corrected chi connectivity index (χ1v) is 5.01. The van der Waals surface area contributed by atoms with Gasteiger partial charge in [-0.05, 0) is 24.5 Å². The van der Waals surface area contributed by atoms with Crippen LogP contribution in [0.4, 0.5) is 0 Å². The molecule has 1 heterocycles. The first-order chi connectivity index (χ1) is 6.65. The monoisotopic (exact) mass is 190 g/mol. The topological polar surface area (TPSA) is 36.7 Å². The van der Waals surface area contributed by atoms with Crippen LogP contribution in [0, 0.1) is 18.3 Å². The van der Waals surface area contributed by atoms with Gasteiger partial charge in [-0.1, -0.05) is 27.7 Å². The fraction of sp³-hybridized carbons (Fsp3) is 0.500. The SMILES string of the molecule is CC.Cc1cnc(C(C)C)cc1C#N. The molecule has 0 aliphatic heterocycles. The van der Waals surface area contributed by atoms with E-state index in [1.54, 1.807) is 6.20 Å². The van der Waals surface area contributed by atoms with Crippen molar-refractivity contribution in [2.45, 2.75) is 40.5 Å². The standard InChI is InChI=1S/C10H12N2.C2H6/c1-7(2)10-4-9(5-11)8(3)6-12-10;1-2/h4,6-7H,1-3H3;1-2H3. The van der Waals surface area contributed by atoms with Gasteiger partial charge >= 0.3 is 0 Å². The zero-order valence-electron chi connectivity index (χ0n) is 9.63. The average Bonchev–Trinajstić information content (AvgIpc) is 2.21. The van der Waals surface area contributed by atoms with Crippen molar-refractivity contribution in [3.8, 4) is 6.07 Å². The molecule has 0 saturated heterocycles. The summed E-state index contributed by atoms with van der Waals surface area (Å²) in [7, 11) is 0. The normalized spacial score (nSPS) is 8.93. The second-order valence-corrected chi connectivity index (χ2v) is 3.19. The molecule has 0 spiro atoms. The molecule has 0 bridgehead atoms. The van der Waals surface area contributed by atoms with Crippen LogP contribution in [0.5, 0.6) is 0 Å². The summed E-state index contributed by atoms with van der Waals surface area (Å²) in [5, 5.41) is 8.75. The van der Waals surface area contributed by atoms with Crippen molar-refractivity contribution in [3.05, 3.63) is 29.1 Å². The number of hydrogen-bond acceptors (Lipinski definition) is 2. The maximum absolute atomic E-state index is 8.75. The summed E-state index contributed by atoms with van der Waals surface area (Å²) in [5.41, 5.74) is 2.66. The molecule has 14 heavy (non-hydrogen) atoms. The lowest BCUT2D eigenvalue weighted by Crippen LogP contribution is -1.94. The number of pyridine rings is 1. The number of rotatable bonds is 1. The molecule has 0 atom stereocenters. The minimum absolute atomic E-state index is 0.387. The molecule has 0 radical (unpaired) electrons. The van der Waals surface area contributed by atoms with Crippen LogP contribution in [-0.2, 0) is 0 Å². The Kier molecular flexibility index (Phi) is 5.55. The van der Waals surface area contributed by atoms with Gasteiger partial charge in [-0.3, -0.25) is 4.98 Å². The Morgan fingerprint density at radius 3 is 2.36 bits per heavy atom. The molecule has 0 amide bonds. The van der Waals surface area contributed by atoms with E-state index in [1.807, 2.05) is 26.8 Å². The highest BCUT2D eigenvalue weighted by atomic mass is 14.7. The molecule has 2 heteroatoms. The van der Waals surface area contributed by atoms with Gasteiger partial charge in [0.1, 0.15) is 0 Å². The molecule has 76 valence electrons. The molecule has 0 aliphatic rings. The Hall–Kier alpha value is -1.36. The van der Waals surface area contributed by atoms with Crippen molar-refractivity contribution >= 4 is 0 Å². The molecule has 0 fully saturated rings. The van der Waals surface area contributed by atoms with Crippen LogP contribution < -0.4 is 0 Å². The third-order valence-corrected chi connectivity index (χ3v) is 1.84. The minimum Gasteiger partial charge on any atom is -0.261 e. The number of hydrogen-bond donors (Lipinski definition) is 0. The van der Waals surface area contributed by atoms with Gasteiger partial charge in [-0.25, -0.2) is 0 Å². The van der Waals surface area contributed by atoms with E-state index in [2.05, 4.69) is 24.9 Å². The highest BCUT2D eigenvalue weighted by Crippen LogP contribution is 2.14. The molecule has 0 aromatic carbocycles. The first kappa shape index (κ1) is 12.6. The van der Waals surface area contributed by atoms with Crippen LogP contribution in [0.3, 0.4) is 0 Å². The predicted octanol–water partition coefficient (Wildman–Crippen LogP) is 3.41. The zero-order valence-corrected chi connectivity index (χ0v) is 9.63. The van der Waals surface area contributed by atoms with E-state index in [4.69, 9.17) is 5.26 Å². The van der Waals surface area contributed by atoms with Crippen LogP contribution in [0.2, 0.25) is 0 Å². The largest absolute Gasteiger partial charge is 0.261 e. The quantitative estimate of drug-likeness (QED) is 0.680. The molecule has 2 nitrogen and oxygen atoms in total. The summed E-state index contributed by atoms with van der Waals surface area (Å²) < 4.78 is 0. The third kappa shape index (κ3) is 3.18. The zero-order chi connectivity index (χ0) is 11.1. The van der Waals surface area contributed by atoms with Crippen LogP contribution >= 0.6 is 0 Å². The predicted molar refractivity (Wildman–Crippen MR) is 59.1 cm³/mol. The molecule has 1 aromatic heterocycles. The Labute approximate surface area is 86.6 Å². The highest BCUT2D eigenvalue weighted by molar-refractivity contribution is 5.36. The van der Waals surface area contributed by atoms with E-state index >= 15 is 0 Å². The van der Waals surface area contributed by atoms with Gasteiger partial charge in [0.15, 0.2) is 0 Å². The first-order valence-electron chi connectivity index (χ1n) is 5.01. The minimum atomic E-state index is 0.387. The Morgan fingerprint density at radius 1 is 1.36 bits per heavy atom. The van der Waals surface area contributed by atoms with Crippen LogP contribution in [-0.4, -0.2) is 4.98 Å². The van der Waals surface area contributed by atoms with E-state index in [-0.39, 0.29) is 0 Å². The lowest BCUT2D eigenvalue weighted by molar-refractivity contribution is 0.820. The summed E-state index contributed by atoms with van der Waals surface area (Å²) in [6.45, 7) is 10.0. The molecule has 0 N–H and O–H groups in total. The van der Waals surface area contributed by atoms with E-state index in [1.165, 1.54) is 0 Å². The van der Waals surface area contributed by atoms with E-state index < -0.39 is 0 Å². The lowest BCUT2D eigenvalue weighted by atomic mass is 10.1. The molecule has 0 aliphatic carbocycles. The summed E-state index contributed by atoms with van der Waals surface area (Å²) in [6.07, 6.45) is 1.76. The lowest BCUT2D eigenvalue weighted by Gasteiger charge is -2.04. The van der Waals surface area contributed by atoms with Gasteiger partial charge in [0.2, 0.25) is 0 Å². The second kappa shape index (κ2) is 6.15. The Morgan fingerprint density at radius 2 is 1.93 bits per heavy atom. The molecule has 0 unspecified atom stereocenters. The number of aryl methyl sites for hydroxylation is 1. The molecule has 1 aromatic rings. The summed E-state index contributed by atoms with van der Waals surface area (Å²) in [6, 6.07) is 4.01. The second-order valence-electron chi connectivity index (χ2n) is 3.19. The Bertz CT molecular complexity index is 322. The summed E-state index contributed by atoms with van der Waals surface area (Å²) >= 11 is 0. The van der Waals surface area contributed by atoms with Crippen molar-refractivity contribution in [2.75, 3.05) is 0 Å². The van der Waals surface area contributed by atoms with Gasteiger partial charge in [-0.15, -0.1) is 0 Å². The van der Waals surface area contributed by atoms with Gasteiger partial charge < -0.3 is 0 Å². The highest BCUT2D eigenvalue weighted by Gasteiger charge is 2.03. The smallest absolute Gasteiger partial charge is 0.0995 e. The van der Waals surface area contributed by atoms with E-state index in [0.29, 0.717) is 5.92 Å². The van der Waals surface area contributed by atoms with Crippen molar-refractivity contribution in [3.63, 3.8) is 0 Å². The van der Waals surface area contributed by atoms with Crippen molar-refractivity contribution in [1.82, 2.24) is 4.98 Å². The molecule has 0 saturated carbocycles. The maximum atomic E-state index is 8.75. The number of aromatic nitrogens is 1. The fourth-order valence-electron chi connectivity index (χ4n) is 0.976. The fourth-order valence-corrected chi connectivity index (χ4v) is 0.976. The van der Waals surface area contributed by atoms with E-state index in [0.717, 1.165) is 16.8 Å². The van der Waals surface area contributed by atoms with Crippen molar-refractivity contribution < 1.29 is 0 Å². The van der Waals surface area contributed by atoms with E-state index in [9.17, 15) is 0 Å². The van der Waals surface area contributed by atoms with Crippen LogP contribution in [0.25, 0.3) is 0 Å². The van der Waals surface area contributed by atoms with Gasteiger partial charge in [-0.2, -0.15) is 5.26 Å². The summed E-state index contributed by atoms with van der Waals surface area (Å²) in [4.78, 5) is 4.24. The van der Waals surface area contributed by atoms with Crippen molar-refractivity contribution in [2.24, 2.45) is 0 Å². The van der Waals surface area contributed by atoms with Gasteiger partial charge in [0.25, 0.3) is 0 Å². The van der Waals surface area contributed by atoms with Gasteiger partial charge in [0.05, 0.1) is 11.6 Å². The maximum Gasteiger partial charge on any atom is 0.0995 e. The Balaban J connectivity index is 0.000000791. The molecular formula is C12H18N2. The number of nitrogens with zero attached hydrogens (tertiary/aromatic N) is 2. The van der Waals surface area contributed by atoms with Crippen LogP contribution in [0.1, 0.15) is 50.4 Å². The van der Waals surface area contributed by atoms with Crippen molar-refractivity contribution in [1.29, 1.82) is 5.26 Å². The molecular weight excluding hydrogens is 172 g/mol. The molecule has 1 rings (SSSR count). The third-order valence-electron chi connectivity index (χ3n) is 1.84.